The zero-order valence-electron chi connectivity index (χ0n) is 31.3. The maximum atomic E-state index is 14.8. The zero-order chi connectivity index (χ0) is 36.5. The van der Waals surface area contributed by atoms with Crippen LogP contribution in [0.25, 0.3) is 0 Å². The highest BCUT2D eigenvalue weighted by atomic mass is 16.4. The first-order chi connectivity index (χ1) is 22.6. The van der Waals surface area contributed by atoms with Crippen LogP contribution in [0.5, 0.6) is 0 Å². The number of nitrogens with one attached hydrogen (secondary N) is 3. The summed E-state index contributed by atoms with van der Waals surface area (Å²) in [6.45, 7) is 24.5. The molecular formula is C38H61N5O6. The van der Waals surface area contributed by atoms with E-state index >= 15 is 0 Å². The minimum absolute atomic E-state index is 0.0375. The van der Waals surface area contributed by atoms with Gasteiger partial charge in [0.05, 0.1) is 5.92 Å². The Morgan fingerprint density at radius 1 is 0.918 bits per heavy atom. The largest absolute Gasteiger partial charge is 0.479 e. The smallest absolute Gasteiger partial charge is 0.330 e. The first-order valence-corrected chi connectivity index (χ1v) is 18.4. The van der Waals surface area contributed by atoms with E-state index in [1.165, 1.54) is 0 Å². The number of carbonyl (C=O) groups is 5. The Kier molecular flexibility index (Phi) is 9.42. The van der Waals surface area contributed by atoms with Crippen molar-refractivity contribution < 1.29 is 29.1 Å². The van der Waals surface area contributed by atoms with Gasteiger partial charge in [-0.25, -0.2) is 4.79 Å². The van der Waals surface area contributed by atoms with Gasteiger partial charge < -0.3 is 30.9 Å². The van der Waals surface area contributed by atoms with Gasteiger partial charge in [0.15, 0.2) is 0 Å². The molecule has 11 nitrogen and oxygen atoms in total. The third-order valence-corrected chi connectivity index (χ3v) is 13.6. The summed E-state index contributed by atoms with van der Waals surface area (Å²) in [5.74, 6) is -3.13. The molecule has 5 fully saturated rings. The number of hydrogen-bond donors (Lipinski definition) is 4. The Bertz CT molecular complexity index is 1390. The zero-order valence-corrected chi connectivity index (χ0v) is 31.3. The maximum absolute atomic E-state index is 14.8. The Hall–Kier alpha value is -2.95. The van der Waals surface area contributed by atoms with Gasteiger partial charge in [-0.15, -0.1) is 6.58 Å². The van der Waals surface area contributed by atoms with E-state index in [0.717, 1.165) is 45.2 Å². The average molecular weight is 684 g/mol. The molecule has 0 aromatic carbocycles. The average Bonchev–Trinajstić information content (AvgIpc) is 3.72. The molecule has 2 aliphatic heterocycles. The second-order valence-electron chi connectivity index (χ2n) is 18.5. The molecule has 0 bridgehead atoms. The van der Waals surface area contributed by atoms with E-state index in [1.54, 1.807) is 11.0 Å². The first-order valence-electron chi connectivity index (χ1n) is 18.4. The molecule has 2 spiro atoms. The van der Waals surface area contributed by atoms with Crippen LogP contribution in [-0.2, 0) is 24.0 Å². The van der Waals surface area contributed by atoms with Crippen molar-refractivity contribution in [3.63, 3.8) is 0 Å². The van der Waals surface area contributed by atoms with E-state index in [0.29, 0.717) is 19.5 Å². The van der Waals surface area contributed by atoms with Gasteiger partial charge in [-0.1, -0.05) is 74.8 Å². The lowest BCUT2D eigenvalue weighted by Gasteiger charge is -2.39. The highest BCUT2D eigenvalue weighted by Crippen LogP contribution is 2.88. The molecule has 4 amide bonds. The predicted octanol–water partition coefficient (Wildman–Crippen LogP) is 3.72. The second kappa shape index (κ2) is 12.4. The van der Waals surface area contributed by atoms with Crippen LogP contribution in [0.4, 0.5) is 0 Å². The van der Waals surface area contributed by atoms with Crippen molar-refractivity contribution in [2.24, 2.45) is 38.9 Å². The highest BCUT2D eigenvalue weighted by molar-refractivity contribution is 5.98. The summed E-state index contributed by atoms with van der Waals surface area (Å²) >= 11 is 0. The summed E-state index contributed by atoms with van der Waals surface area (Å²) in [6, 6.07) is -2.76. The van der Waals surface area contributed by atoms with Crippen LogP contribution in [0.2, 0.25) is 0 Å². The number of nitrogens with zero attached hydrogens (tertiary/aromatic N) is 2. The van der Waals surface area contributed by atoms with Gasteiger partial charge in [-0.05, 0) is 73.3 Å². The summed E-state index contributed by atoms with van der Waals surface area (Å²) in [5.41, 5.74) is -3.12. The molecule has 0 unspecified atom stereocenters. The molecule has 11 heteroatoms. The molecule has 3 aliphatic carbocycles. The molecule has 2 heterocycles. The number of hydrogen-bond acceptors (Lipinski definition) is 6. The van der Waals surface area contributed by atoms with Gasteiger partial charge in [0.2, 0.25) is 23.6 Å². The SMILES string of the molecule is C=C[C@@H]1C[C@]1(NC(=O)[C@@H]1C[C@@]2(CN1C(=O)[C@@H](NC(=O)[C@@H](NC(=O)[C@@H]1CCCN(CC)C1)C(C)(C)C)C(C)(C)C)C(C)(C)C21CCC1)C(=O)O. The Labute approximate surface area is 292 Å². The highest BCUT2D eigenvalue weighted by Gasteiger charge is 2.85. The number of aliphatic carboxylic acids is 1. The van der Waals surface area contributed by atoms with Gasteiger partial charge in [0.1, 0.15) is 23.7 Å². The van der Waals surface area contributed by atoms with Gasteiger partial charge in [0.25, 0.3) is 0 Å². The first kappa shape index (κ1) is 37.3. The van der Waals surface area contributed by atoms with E-state index in [1.807, 2.05) is 41.5 Å². The van der Waals surface area contributed by atoms with Crippen molar-refractivity contribution in [2.75, 3.05) is 26.2 Å². The van der Waals surface area contributed by atoms with E-state index in [-0.39, 0.29) is 46.3 Å². The fourth-order valence-electron chi connectivity index (χ4n) is 9.91. The molecule has 274 valence electrons. The van der Waals surface area contributed by atoms with Crippen LogP contribution >= 0.6 is 0 Å². The molecule has 3 saturated carbocycles. The molecule has 5 rings (SSSR count). The number of likely N-dealkylation sites (tertiary alicyclic amines) is 2. The van der Waals surface area contributed by atoms with Crippen LogP contribution in [0, 0.1) is 38.9 Å². The topological polar surface area (TPSA) is 148 Å². The van der Waals surface area contributed by atoms with Gasteiger partial charge in [-0.2, -0.15) is 0 Å². The lowest BCUT2D eigenvalue weighted by atomic mass is 9.73. The number of carboxylic acid groups (broad SMARTS) is 1. The van der Waals surface area contributed by atoms with Crippen molar-refractivity contribution in [2.45, 2.75) is 131 Å². The lowest BCUT2D eigenvalue weighted by molar-refractivity contribution is -0.147. The van der Waals surface area contributed by atoms with E-state index < -0.39 is 52.3 Å². The van der Waals surface area contributed by atoms with E-state index in [4.69, 9.17) is 0 Å². The van der Waals surface area contributed by atoms with Crippen molar-refractivity contribution in [3.8, 4) is 0 Å². The third kappa shape index (κ3) is 5.99. The molecule has 0 aromatic heterocycles. The Morgan fingerprint density at radius 3 is 2.02 bits per heavy atom. The standard InChI is InChI=1S/C38H61N5O6/c1-11-24-19-38(24,32(48)49)41-29(45)25-20-37(35(9,10)36(37)16-14-17-36)22-43(25)31(47)27(34(6,7)8)40-30(46)26(33(3,4)5)39-28(44)23-15-13-18-42(12-2)21-23/h11,23-27H,1,12-22H2,2-10H3,(H,39,44)(H,40,46)(H,41,45)(H,48,49)/t23-,24-,25+,26-,27-,37-,38-/m1/s1. The molecule has 7 atom stereocenters. The van der Waals surface area contributed by atoms with Crippen LogP contribution in [-0.4, -0.2) is 94.3 Å². The molecule has 5 aliphatic rings. The summed E-state index contributed by atoms with van der Waals surface area (Å²) < 4.78 is 0. The monoisotopic (exact) mass is 683 g/mol. The minimum Gasteiger partial charge on any atom is -0.479 e. The lowest BCUT2D eigenvalue weighted by Crippen LogP contribution is -2.63. The second-order valence-corrected chi connectivity index (χ2v) is 18.5. The van der Waals surface area contributed by atoms with Crippen molar-refractivity contribution in [3.05, 3.63) is 12.7 Å². The van der Waals surface area contributed by atoms with Crippen LogP contribution < -0.4 is 16.0 Å². The third-order valence-electron chi connectivity index (χ3n) is 13.6. The fraction of sp³-hybridized carbons (Fsp3) is 0.816. The van der Waals surface area contributed by atoms with Crippen LogP contribution in [0.3, 0.4) is 0 Å². The van der Waals surface area contributed by atoms with Gasteiger partial charge in [-0.3, -0.25) is 19.2 Å². The minimum atomic E-state index is -1.42. The summed E-state index contributed by atoms with van der Waals surface area (Å²) in [5, 5.41) is 19.0. The number of carboxylic acids is 1. The molecule has 2 saturated heterocycles. The molecular weight excluding hydrogens is 622 g/mol. The van der Waals surface area contributed by atoms with E-state index in [9.17, 15) is 29.1 Å². The van der Waals surface area contributed by atoms with Crippen molar-refractivity contribution in [1.82, 2.24) is 25.8 Å². The summed E-state index contributed by atoms with van der Waals surface area (Å²) in [6.07, 6.45) is 7.14. The quantitative estimate of drug-likeness (QED) is 0.257. The van der Waals surface area contributed by atoms with Crippen molar-refractivity contribution >= 4 is 29.6 Å². The molecule has 0 radical (unpaired) electrons. The number of rotatable bonds is 10. The summed E-state index contributed by atoms with van der Waals surface area (Å²) in [4.78, 5) is 72.9. The fourth-order valence-corrected chi connectivity index (χ4v) is 9.91. The molecule has 4 N–H and O–H groups in total. The Balaban J connectivity index is 1.41. The summed E-state index contributed by atoms with van der Waals surface area (Å²) in [7, 11) is 0. The molecule has 49 heavy (non-hydrogen) atoms. The number of piperidine rings is 1. The van der Waals surface area contributed by atoms with E-state index in [2.05, 4.69) is 48.2 Å². The number of amides is 4. The van der Waals surface area contributed by atoms with Gasteiger partial charge in [0, 0.05) is 24.4 Å². The van der Waals surface area contributed by atoms with Crippen LogP contribution in [0.1, 0.15) is 107 Å². The maximum Gasteiger partial charge on any atom is 0.330 e. The van der Waals surface area contributed by atoms with Gasteiger partial charge >= 0.3 is 5.97 Å². The number of fused-ring (bicyclic) bond motifs is 1. The molecule has 0 aromatic rings. The number of carbonyl (C=O) groups excluding carboxylic acids is 4. The normalized spacial score (nSPS) is 32.8. The van der Waals surface area contributed by atoms with Crippen molar-refractivity contribution in [1.29, 1.82) is 0 Å². The predicted molar refractivity (Wildman–Crippen MR) is 187 cm³/mol. The Morgan fingerprint density at radius 2 is 1.55 bits per heavy atom. The van der Waals surface area contributed by atoms with Crippen LogP contribution in [0.15, 0.2) is 12.7 Å².